The summed E-state index contributed by atoms with van der Waals surface area (Å²) in [5.74, 6) is 1.45. The van der Waals surface area contributed by atoms with Gasteiger partial charge in [-0.2, -0.15) is 5.06 Å². The second-order valence-electron chi connectivity index (χ2n) is 14.3. The Kier molecular flexibility index (Phi) is 7.95. The predicted octanol–water partition coefficient (Wildman–Crippen LogP) is 3.49. The summed E-state index contributed by atoms with van der Waals surface area (Å²) in [5.41, 5.74) is 3.63. The van der Waals surface area contributed by atoms with Crippen molar-refractivity contribution in [2.75, 3.05) is 39.8 Å². The minimum atomic E-state index is -0.887. The maximum atomic E-state index is 14.2. The van der Waals surface area contributed by atoms with Crippen LogP contribution in [0.4, 0.5) is 5.69 Å². The number of amides is 1. The van der Waals surface area contributed by atoms with Crippen LogP contribution < -0.4 is 15.0 Å². The Labute approximate surface area is 265 Å². The van der Waals surface area contributed by atoms with E-state index in [9.17, 15) is 19.8 Å². The van der Waals surface area contributed by atoms with Gasteiger partial charge < -0.3 is 29.9 Å². The molecule has 1 saturated heterocycles. The monoisotopic (exact) mass is 621 g/mol. The normalized spacial score (nSPS) is 33.2. The Morgan fingerprint density at radius 1 is 1.18 bits per heavy atom. The number of carbonyl (C=O) groups excluding carboxylic acids is 2. The van der Waals surface area contributed by atoms with Gasteiger partial charge in [0.2, 0.25) is 5.91 Å². The van der Waals surface area contributed by atoms with E-state index in [0.717, 1.165) is 28.8 Å². The molecular formula is C35H47N3O7. The molecular weight excluding hydrogens is 574 g/mol. The fourth-order valence-corrected chi connectivity index (χ4v) is 9.39. The molecule has 0 aromatic heterocycles. The standard InChI is InChI=1S/C35H47N3O7/c1-18-28-29-25(34(28,3)4)15-35(18,29)36-32(41)30-27(19(2)40)26(17-39)45-38(30)16-20-10-9-11-24(31(20)43-7)21-12-22(33(42)44-8)14-23(13-21)37(5)6/h9-14,18-19,25-30,39-40H,15-17H2,1-8H3,(H,36,41)/t18-,19-,25-,26-,27+,28+,29?,30-,35+/m0/s1. The summed E-state index contributed by atoms with van der Waals surface area (Å²) in [4.78, 5) is 34.9. The molecule has 3 aliphatic carbocycles. The molecule has 6 rings (SSSR count). The van der Waals surface area contributed by atoms with Crippen LogP contribution in [0.1, 0.15) is 50.0 Å². The lowest BCUT2D eigenvalue weighted by molar-refractivity contribution is -0.349. The molecule has 2 aromatic carbocycles. The quantitative estimate of drug-likeness (QED) is 0.343. The van der Waals surface area contributed by atoms with Crippen LogP contribution in [0, 0.1) is 35.0 Å². The van der Waals surface area contributed by atoms with Gasteiger partial charge in [0.25, 0.3) is 0 Å². The van der Waals surface area contributed by atoms with Gasteiger partial charge in [-0.05, 0) is 66.2 Å². The SMILES string of the molecule is COC(=O)c1cc(-c2cccc(CN3O[C@@H](CO)[C@@H]([C@H](C)O)[C@H]3C(=O)N[C@@]34C[C@H]5C3[C@@H]([C@@H]4C)C5(C)C)c2OC)cc(N(C)C)c1. The Morgan fingerprint density at radius 2 is 1.91 bits per heavy atom. The van der Waals surface area contributed by atoms with E-state index in [1.165, 1.54) is 7.11 Å². The van der Waals surface area contributed by atoms with Gasteiger partial charge in [0.15, 0.2) is 0 Å². The molecule has 1 unspecified atom stereocenters. The maximum Gasteiger partial charge on any atom is 0.337 e. The number of hydrogen-bond acceptors (Lipinski definition) is 9. The Hall–Kier alpha value is -3.18. The number of methoxy groups -OCH3 is 2. The van der Waals surface area contributed by atoms with Gasteiger partial charge in [0.1, 0.15) is 17.9 Å². The lowest BCUT2D eigenvalue weighted by atomic mass is 9.21. The van der Waals surface area contributed by atoms with Gasteiger partial charge in [-0.1, -0.05) is 39.0 Å². The Morgan fingerprint density at radius 3 is 2.49 bits per heavy atom. The van der Waals surface area contributed by atoms with E-state index in [2.05, 4.69) is 26.1 Å². The number of aliphatic hydroxyl groups excluding tert-OH is 2. The number of aliphatic hydroxyl groups is 2. The minimum Gasteiger partial charge on any atom is -0.496 e. The number of para-hydroxylation sites is 1. The van der Waals surface area contributed by atoms with Crippen molar-refractivity contribution in [3.63, 3.8) is 0 Å². The number of ether oxygens (including phenoxy) is 2. The molecule has 45 heavy (non-hydrogen) atoms. The van der Waals surface area contributed by atoms with Gasteiger partial charge in [0, 0.05) is 42.4 Å². The van der Waals surface area contributed by atoms with E-state index in [1.807, 2.05) is 43.3 Å². The fourth-order valence-electron chi connectivity index (χ4n) is 9.39. The molecule has 2 aromatic rings. The van der Waals surface area contributed by atoms with Crippen molar-refractivity contribution in [2.45, 2.75) is 64.4 Å². The van der Waals surface area contributed by atoms with Crippen LogP contribution in [0.3, 0.4) is 0 Å². The van der Waals surface area contributed by atoms with E-state index in [0.29, 0.717) is 40.4 Å². The van der Waals surface area contributed by atoms with Crippen LogP contribution in [0.15, 0.2) is 36.4 Å². The average molecular weight is 622 g/mol. The van der Waals surface area contributed by atoms with Gasteiger partial charge in [-0.15, -0.1) is 0 Å². The largest absolute Gasteiger partial charge is 0.496 e. The lowest BCUT2D eigenvalue weighted by Crippen LogP contribution is -2.90. The van der Waals surface area contributed by atoms with E-state index in [4.69, 9.17) is 14.3 Å². The first-order valence-corrected chi connectivity index (χ1v) is 15.9. The number of carbonyl (C=O) groups is 2. The third kappa shape index (κ3) is 4.67. The molecule has 1 aliphatic heterocycles. The Balaban J connectivity index is 1.32. The van der Waals surface area contributed by atoms with Crippen LogP contribution >= 0.6 is 0 Å². The van der Waals surface area contributed by atoms with Crippen LogP contribution in [0.5, 0.6) is 5.75 Å². The third-order valence-electron chi connectivity index (χ3n) is 11.7. The van der Waals surface area contributed by atoms with Crippen LogP contribution in [0.25, 0.3) is 11.1 Å². The highest BCUT2D eigenvalue weighted by atomic mass is 16.7. The smallest absolute Gasteiger partial charge is 0.337 e. The summed E-state index contributed by atoms with van der Waals surface area (Å²) in [7, 11) is 6.75. The second kappa shape index (κ2) is 11.3. The molecule has 0 radical (unpaired) electrons. The fraction of sp³-hybridized carbons (Fsp3) is 0.600. The highest BCUT2D eigenvalue weighted by Crippen LogP contribution is 2.81. The first-order chi connectivity index (χ1) is 21.3. The first kappa shape index (κ1) is 31.8. The molecule has 0 spiro atoms. The van der Waals surface area contributed by atoms with Gasteiger partial charge in [0.05, 0.1) is 39.0 Å². The summed E-state index contributed by atoms with van der Waals surface area (Å²) in [6.07, 6.45) is -0.655. The minimum absolute atomic E-state index is 0.177. The average Bonchev–Trinajstić information content (AvgIpc) is 3.38. The lowest BCUT2D eigenvalue weighted by Gasteiger charge is -2.86. The Bertz CT molecular complexity index is 1480. The molecule has 4 aliphatic rings. The van der Waals surface area contributed by atoms with Crippen LogP contribution in [-0.4, -0.2) is 85.9 Å². The van der Waals surface area contributed by atoms with E-state index < -0.39 is 30.1 Å². The topological polar surface area (TPSA) is 121 Å². The number of nitrogens with one attached hydrogen (secondary N) is 1. The highest BCUT2D eigenvalue weighted by molar-refractivity contribution is 5.93. The zero-order valence-electron chi connectivity index (χ0n) is 27.5. The number of rotatable bonds is 10. The van der Waals surface area contributed by atoms with Crippen LogP contribution in [0.2, 0.25) is 0 Å². The van der Waals surface area contributed by atoms with E-state index in [1.54, 1.807) is 31.2 Å². The molecule has 9 atom stereocenters. The number of anilines is 1. The summed E-state index contributed by atoms with van der Waals surface area (Å²) in [6, 6.07) is 10.4. The first-order valence-electron chi connectivity index (χ1n) is 15.9. The molecule has 3 saturated carbocycles. The number of hydrogen-bond donors (Lipinski definition) is 3. The van der Waals surface area contributed by atoms with Crippen molar-refractivity contribution < 1.29 is 34.1 Å². The van der Waals surface area contributed by atoms with Crippen molar-refractivity contribution in [3.05, 3.63) is 47.5 Å². The van der Waals surface area contributed by atoms with Gasteiger partial charge in [-0.25, -0.2) is 4.79 Å². The molecule has 3 N–H and O–H groups in total. The number of nitrogens with zero attached hydrogens (tertiary/aromatic N) is 2. The van der Waals surface area contributed by atoms with Gasteiger partial charge in [-0.3, -0.25) is 9.63 Å². The predicted molar refractivity (Wildman–Crippen MR) is 169 cm³/mol. The van der Waals surface area contributed by atoms with Crippen molar-refractivity contribution in [3.8, 4) is 16.9 Å². The summed E-state index contributed by atoms with van der Waals surface area (Å²) in [6.45, 7) is 8.43. The molecule has 4 fully saturated rings. The zero-order chi connectivity index (χ0) is 32.6. The molecule has 0 bridgehead atoms. The molecule has 10 nitrogen and oxygen atoms in total. The second-order valence-corrected chi connectivity index (χ2v) is 14.3. The molecule has 10 heteroatoms. The third-order valence-corrected chi connectivity index (χ3v) is 11.7. The summed E-state index contributed by atoms with van der Waals surface area (Å²) in [5, 5.41) is 26.1. The van der Waals surface area contributed by atoms with Crippen molar-refractivity contribution in [1.82, 2.24) is 10.4 Å². The highest BCUT2D eigenvalue weighted by Gasteiger charge is 2.83. The molecule has 1 heterocycles. The molecule has 244 valence electrons. The molecule has 1 amide bonds. The number of hydroxylamine groups is 2. The van der Waals surface area contributed by atoms with E-state index in [-0.39, 0.29) is 24.6 Å². The maximum absolute atomic E-state index is 14.2. The van der Waals surface area contributed by atoms with Gasteiger partial charge >= 0.3 is 5.97 Å². The zero-order valence-corrected chi connectivity index (χ0v) is 27.5. The number of esters is 1. The summed E-state index contributed by atoms with van der Waals surface area (Å²) < 4.78 is 11.0. The number of benzene rings is 2. The van der Waals surface area contributed by atoms with Crippen molar-refractivity contribution in [1.29, 1.82) is 0 Å². The van der Waals surface area contributed by atoms with Crippen molar-refractivity contribution >= 4 is 17.6 Å². The summed E-state index contributed by atoms with van der Waals surface area (Å²) >= 11 is 0. The van der Waals surface area contributed by atoms with Crippen molar-refractivity contribution in [2.24, 2.45) is 35.0 Å². The van der Waals surface area contributed by atoms with Crippen LogP contribution in [-0.2, 0) is 20.9 Å². The van der Waals surface area contributed by atoms with E-state index >= 15 is 0 Å².